The van der Waals surface area contributed by atoms with E-state index in [1.54, 1.807) is 12.1 Å². The lowest BCUT2D eigenvalue weighted by Crippen LogP contribution is -2.29. The maximum Gasteiger partial charge on any atom is 0.285 e. The second-order valence-electron chi connectivity index (χ2n) is 5.17. The van der Waals surface area contributed by atoms with E-state index >= 15 is 0 Å². The molecule has 2 heterocycles. The quantitative estimate of drug-likeness (QED) is 0.729. The molecular formula is C16H15N5O2. The van der Waals surface area contributed by atoms with E-state index < -0.39 is 0 Å². The van der Waals surface area contributed by atoms with E-state index in [1.807, 2.05) is 26.0 Å². The van der Waals surface area contributed by atoms with Gasteiger partial charge in [-0.15, -0.1) is 0 Å². The van der Waals surface area contributed by atoms with Gasteiger partial charge in [-0.3, -0.25) is 4.79 Å². The van der Waals surface area contributed by atoms with Crippen LogP contribution in [-0.4, -0.2) is 20.1 Å². The van der Waals surface area contributed by atoms with Crippen LogP contribution in [0.4, 0.5) is 0 Å². The highest BCUT2D eigenvalue weighted by atomic mass is 16.6. The van der Waals surface area contributed by atoms with Crippen molar-refractivity contribution in [1.29, 1.82) is 5.26 Å². The third-order valence-electron chi connectivity index (χ3n) is 3.79. The molecule has 0 atom stereocenters. The van der Waals surface area contributed by atoms with Gasteiger partial charge in [0.15, 0.2) is 0 Å². The van der Waals surface area contributed by atoms with Crippen LogP contribution in [-0.2, 0) is 19.4 Å². The third kappa shape index (κ3) is 2.59. The number of hydrogen-bond donors (Lipinski definition) is 0. The lowest BCUT2D eigenvalue weighted by atomic mass is 10.0. The number of hydrogen-bond acceptors (Lipinski definition) is 6. The van der Waals surface area contributed by atoms with Gasteiger partial charge in [0.05, 0.1) is 12.2 Å². The van der Waals surface area contributed by atoms with Crippen molar-refractivity contribution in [2.75, 3.05) is 0 Å². The van der Waals surface area contributed by atoms with E-state index in [0.717, 1.165) is 16.8 Å². The van der Waals surface area contributed by atoms with Gasteiger partial charge in [0.2, 0.25) is 0 Å². The Hall–Kier alpha value is -3.01. The number of rotatable bonds is 4. The topological polar surface area (TPSA) is 97.6 Å². The summed E-state index contributed by atoms with van der Waals surface area (Å²) < 4.78 is 6.01. The number of aromatic nitrogens is 4. The first-order chi connectivity index (χ1) is 11.2. The maximum absolute atomic E-state index is 12.5. The minimum Gasteiger partial charge on any atom is -0.266 e. The van der Waals surface area contributed by atoms with Crippen LogP contribution in [0, 0.1) is 11.3 Å². The summed E-state index contributed by atoms with van der Waals surface area (Å²) in [6, 6.07) is 7.44. The summed E-state index contributed by atoms with van der Waals surface area (Å²) in [5.41, 5.74) is 3.47. The smallest absolute Gasteiger partial charge is 0.266 e. The molecule has 0 saturated heterocycles. The van der Waals surface area contributed by atoms with Gasteiger partial charge in [-0.25, -0.2) is 9.31 Å². The average Bonchev–Trinajstić information content (AvgIpc) is 3.03. The molecule has 7 heteroatoms. The Bertz CT molecular complexity index is 965. The SMILES string of the molecule is CCc1nn(Cc2ccc3nonc3c2)c(=O)c(C#N)c1CC. The van der Waals surface area contributed by atoms with E-state index in [9.17, 15) is 10.1 Å². The molecule has 0 N–H and O–H groups in total. The molecule has 0 aliphatic carbocycles. The summed E-state index contributed by atoms with van der Waals surface area (Å²) in [5.74, 6) is 0. The van der Waals surface area contributed by atoms with Crippen LogP contribution in [0.1, 0.15) is 36.2 Å². The zero-order valence-corrected chi connectivity index (χ0v) is 12.9. The highest BCUT2D eigenvalue weighted by Crippen LogP contribution is 2.14. The lowest BCUT2D eigenvalue weighted by molar-refractivity contribution is 0.315. The highest BCUT2D eigenvalue weighted by Gasteiger charge is 2.15. The molecule has 0 radical (unpaired) electrons. The van der Waals surface area contributed by atoms with Crippen molar-refractivity contribution in [2.45, 2.75) is 33.2 Å². The van der Waals surface area contributed by atoms with E-state index in [1.165, 1.54) is 4.68 Å². The highest BCUT2D eigenvalue weighted by molar-refractivity contribution is 5.73. The van der Waals surface area contributed by atoms with Crippen molar-refractivity contribution in [3.8, 4) is 6.07 Å². The van der Waals surface area contributed by atoms with Gasteiger partial charge in [-0.2, -0.15) is 10.4 Å². The standard InChI is InChI=1S/C16H15N5O2/c1-3-11-12(8-17)16(22)21(18-13(11)4-2)9-10-5-6-14-15(7-10)20-23-19-14/h5-7H,3-4,9H2,1-2H3. The van der Waals surface area contributed by atoms with E-state index in [2.05, 4.69) is 20.0 Å². The zero-order chi connectivity index (χ0) is 16.4. The Kier molecular flexibility index (Phi) is 3.89. The molecule has 116 valence electrons. The van der Waals surface area contributed by atoms with Crippen molar-refractivity contribution in [3.63, 3.8) is 0 Å². The van der Waals surface area contributed by atoms with Crippen molar-refractivity contribution in [1.82, 2.24) is 20.1 Å². The molecule has 7 nitrogen and oxygen atoms in total. The zero-order valence-electron chi connectivity index (χ0n) is 12.9. The molecule has 1 aromatic carbocycles. The molecule has 0 amide bonds. The van der Waals surface area contributed by atoms with Gasteiger partial charge < -0.3 is 0 Å². The summed E-state index contributed by atoms with van der Waals surface area (Å²) in [5, 5.41) is 21.3. The van der Waals surface area contributed by atoms with Crippen molar-refractivity contribution in [2.24, 2.45) is 0 Å². The van der Waals surface area contributed by atoms with Crippen LogP contribution in [0.2, 0.25) is 0 Å². The van der Waals surface area contributed by atoms with Gasteiger partial charge in [0.25, 0.3) is 5.56 Å². The molecular weight excluding hydrogens is 294 g/mol. The van der Waals surface area contributed by atoms with Crippen LogP contribution < -0.4 is 5.56 Å². The number of fused-ring (bicyclic) bond motifs is 1. The molecule has 3 rings (SSSR count). The second kappa shape index (κ2) is 6.01. The van der Waals surface area contributed by atoms with Crippen molar-refractivity contribution >= 4 is 11.0 Å². The number of aryl methyl sites for hydroxylation is 1. The molecule has 0 spiro atoms. The molecule has 0 unspecified atom stereocenters. The number of nitrogens with zero attached hydrogens (tertiary/aromatic N) is 5. The molecule has 2 aromatic heterocycles. The molecule has 0 saturated carbocycles. The molecule has 0 fully saturated rings. The maximum atomic E-state index is 12.5. The van der Waals surface area contributed by atoms with E-state index in [-0.39, 0.29) is 17.7 Å². The van der Waals surface area contributed by atoms with Gasteiger partial charge in [0.1, 0.15) is 22.7 Å². The van der Waals surface area contributed by atoms with Gasteiger partial charge in [0, 0.05) is 0 Å². The van der Waals surface area contributed by atoms with Crippen molar-refractivity contribution in [3.05, 3.63) is 50.9 Å². The summed E-state index contributed by atoms with van der Waals surface area (Å²) in [6.07, 6.45) is 1.29. The number of benzene rings is 1. The minimum absolute atomic E-state index is 0.184. The average molecular weight is 309 g/mol. The molecule has 23 heavy (non-hydrogen) atoms. The van der Waals surface area contributed by atoms with Crippen LogP contribution in [0.25, 0.3) is 11.0 Å². The Morgan fingerprint density at radius 2 is 2.00 bits per heavy atom. The fourth-order valence-corrected chi connectivity index (χ4v) is 2.64. The second-order valence-corrected chi connectivity index (χ2v) is 5.17. The number of nitriles is 1. The van der Waals surface area contributed by atoms with E-state index in [4.69, 9.17) is 0 Å². The summed E-state index contributed by atoms with van der Waals surface area (Å²) in [4.78, 5) is 12.5. The summed E-state index contributed by atoms with van der Waals surface area (Å²) >= 11 is 0. The first-order valence-electron chi connectivity index (χ1n) is 7.42. The van der Waals surface area contributed by atoms with Gasteiger partial charge in [-0.1, -0.05) is 19.9 Å². The Balaban J connectivity index is 2.09. The molecule has 0 aliphatic rings. The normalized spacial score (nSPS) is 10.8. The third-order valence-corrected chi connectivity index (χ3v) is 3.79. The van der Waals surface area contributed by atoms with Crippen LogP contribution in [0.15, 0.2) is 27.6 Å². The first-order valence-corrected chi connectivity index (χ1v) is 7.42. The fraction of sp³-hybridized carbons (Fsp3) is 0.312. The summed E-state index contributed by atoms with van der Waals surface area (Å²) in [7, 11) is 0. The van der Waals surface area contributed by atoms with Crippen molar-refractivity contribution < 1.29 is 4.63 Å². The molecule has 3 aromatic rings. The minimum atomic E-state index is -0.361. The predicted octanol–water partition coefficient (Wildman–Crippen LogP) is 1.82. The van der Waals surface area contributed by atoms with Crippen LogP contribution >= 0.6 is 0 Å². The lowest BCUT2D eigenvalue weighted by Gasteiger charge is -2.11. The summed E-state index contributed by atoms with van der Waals surface area (Å²) in [6.45, 7) is 4.16. The Morgan fingerprint density at radius 3 is 2.70 bits per heavy atom. The van der Waals surface area contributed by atoms with Crippen LogP contribution in [0.5, 0.6) is 0 Å². The van der Waals surface area contributed by atoms with Gasteiger partial charge >= 0.3 is 0 Å². The Morgan fingerprint density at radius 1 is 1.22 bits per heavy atom. The monoisotopic (exact) mass is 309 g/mol. The predicted molar refractivity (Wildman–Crippen MR) is 82.9 cm³/mol. The van der Waals surface area contributed by atoms with Gasteiger partial charge in [-0.05, 0) is 46.4 Å². The van der Waals surface area contributed by atoms with Crippen LogP contribution in [0.3, 0.4) is 0 Å². The fourth-order valence-electron chi connectivity index (χ4n) is 2.64. The molecule has 0 aliphatic heterocycles. The van der Waals surface area contributed by atoms with E-state index in [0.29, 0.717) is 23.9 Å². The first kappa shape index (κ1) is 14.9. The largest absolute Gasteiger partial charge is 0.285 e. The molecule has 0 bridgehead atoms. The Labute approximate surface area is 132 Å².